The molecule has 0 N–H and O–H groups in total. The van der Waals surface area contributed by atoms with Crippen LogP contribution >= 0.6 is 0 Å². The molecule has 5 heteroatoms. The molecule has 1 aromatic heterocycles. The molecule has 0 amide bonds. The summed E-state index contributed by atoms with van der Waals surface area (Å²) in [6, 6.07) is 5.31. The zero-order valence-corrected chi connectivity index (χ0v) is 12.3. The number of fused-ring (bicyclic) bond motifs is 1. The van der Waals surface area contributed by atoms with Crippen LogP contribution in [0.25, 0.3) is 10.9 Å². The lowest BCUT2D eigenvalue weighted by atomic mass is 10.1. The SMILES string of the molecule is C=C.COCC#CCn1ncc2cc(C(=O)OC)ccc21. The van der Waals surface area contributed by atoms with E-state index >= 15 is 0 Å². The van der Waals surface area contributed by atoms with Gasteiger partial charge < -0.3 is 9.47 Å². The monoisotopic (exact) mass is 286 g/mol. The summed E-state index contributed by atoms with van der Waals surface area (Å²) < 4.78 is 11.3. The second kappa shape index (κ2) is 8.56. The standard InChI is InChI=1S/C14H14N2O3.C2H4/c1-18-8-4-3-7-16-13-6-5-11(14(17)19-2)9-12(13)10-15-16;1-2/h5-6,9-10H,7-8H2,1-2H3;1-2H2. The number of nitrogens with zero attached hydrogens (tertiary/aromatic N) is 2. The number of hydrogen-bond donors (Lipinski definition) is 0. The highest BCUT2D eigenvalue weighted by atomic mass is 16.5. The maximum atomic E-state index is 11.4. The lowest BCUT2D eigenvalue weighted by Gasteiger charge is -2.00. The molecule has 0 aliphatic heterocycles. The number of esters is 1. The molecule has 5 nitrogen and oxygen atoms in total. The Morgan fingerprint density at radius 1 is 1.33 bits per heavy atom. The Labute approximate surface area is 124 Å². The van der Waals surface area contributed by atoms with Crippen molar-refractivity contribution in [1.29, 1.82) is 0 Å². The van der Waals surface area contributed by atoms with E-state index in [0.717, 1.165) is 10.9 Å². The van der Waals surface area contributed by atoms with Crippen LogP contribution < -0.4 is 0 Å². The van der Waals surface area contributed by atoms with Gasteiger partial charge in [0.1, 0.15) is 13.2 Å². The summed E-state index contributed by atoms with van der Waals surface area (Å²) in [5, 5.41) is 5.13. The fourth-order valence-electron chi connectivity index (χ4n) is 1.71. The quantitative estimate of drug-likeness (QED) is 0.493. The van der Waals surface area contributed by atoms with E-state index in [0.29, 0.717) is 18.7 Å². The van der Waals surface area contributed by atoms with Crippen LogP contribution in [0.15, 0.2) is 37.6 Å². The Kier molecular flexibility index (Phi) is 6.72. The van der Waals surface area contributed by atoms with Crippen molar-refractivity contribution in [3.63, 3.8) is 0 Å². The molecule has 0 bridgehead atoms. The van der Waals surface area contributed by atoms with Gasteiger partial charge in [0, 0.05) is 12.5 Å². The van der Waals surface area contributed by atoms with E-state index in [9.17, 15) is 4.79 Å². The Hall–Kier alpha value is -2.58. The third kappa shape index (κ3) is 4.20. The van der Waals surface area contributed by atoms with Crippen molar-refractivity contribution in [3.8, 4) is 11.8 Å². The molecule has 0 spiro atoms. The summed E-state index contributed by atoms with van der Waals surface area (Å²) >= 11 is 0. The molecule has 0 fully saturated rings. The molecule has 0 aliphatic rings. The molecule has 1 aromatic carbocycles. The van der Waals surface area contributed by atoms with Crippen LogP contribution in [-0.2, 0) is 16.0 Å². The van der Waals surface area contributed by atoms with Crippen LogP contribution in [-0.4, -0.2) is 36.6 Å². The lowest BCUT2D eigenvalue weighted by molar-refractivity contribution is 0.0601. The van der Waals surface area contributed by atoms with Crippen LogP contribution in [0.3, 0.4) is 0 Å². The van der Waals surface area contributed by atoms with Crippen molar-refractivity contribution in [1.82, 2.24) is 9.78 Å². The number of carbonyl (C=O) groups excluding carboxylic acids is 1. The predicted octanol–water partition coefficient (Wildman–Crippen LogP) is 2.27. The maximum Gasteiger partial charge on any atom is 0.337 e. The molecule has 0 aliphatic carbocycles. The first kappa shape index (κ1) is 16.5. The molecule has 0 atom stereocenters. The molecule has 110 valence electrons. The largest absolute Gasteiger partial charge is 0.465 e. The van der Waals surface area contributed by atoms with E-state index in [1.165, 1.54) is 7.11 Å². The van der Waals surface area contributed by atoms with Gasteiger partial charge in [-0.05, 0) is 18.2 Å². The molecule has 2 rings (SSSR count). The van der Waals surface area contributed by atoms with E-state index in [-0.39, 0.29) is 5.97 Å². The van der Waals surface area contributed by atoms with E-state index < -0.39 is 0 Å². The van der Waals surface area contributed by atoms with Crippen LogP contribution in [0.2, 0.25) is 0 Å². The minimum absolute atomic E-state index is 0.352. The highest BCUT2D eigenvalue weighted by Crippen LogP contribution is 2.16. The Morgan fingerprint density at radius 3 is 2.76 bits per heavy atom. The van der Waals surface area contributed by atoms with Gasteiger partial charge in [-0.2, -0.15) is 5.10 Å². The Morgan fingerprint density at radius 2 is 2.10 bits per heavy atom. The third-order valence-corrected chi connectivity index (χ3v) is 2.63. The minimum Gasteiger partial charge on any atom is -0.465 e. The minimum atomic E-state index is -0.352. The lowest BCUT2D eigenvalue weighted by Crippen LogP contribution is -2.01. The van der Waals surface area contributed by atoms with Crippen LogP contribution in [0.1, 0.15) is 10.4 Å². The Bertz CT molecular complexity index is 665. The molecular weight excluding hydrogens is 268 g/mol. The van der Waals surface area contributed by atoms with Crippen molar-refractivity contribution in [2.45, 2.75) is 6.54 Å². The van der Waals surface area contributed by atoms with Gasteiger partial charge in [-0.1, -0.05) is 11.8 Å². The number of aromatic nitrogens is 2. The van der Waals surface area contributed by atoms with E-state index in [1.807, 2.05) is 6.07 Å². The second-order valence-electron chi connectivity index (χ2n) is 3.85. The number of ether oxygens (including phenoxy) is 2. The fraction of sp³-hybridized carbons (Fsp3) is 0.250. The molecule has 2 aromatic rings. The average molecular weight is 286 g/mol. The highest BCUT2D eigenvalue weighted by molar-refractivity contribution is 5.94. The number of benzene rings is 1. The average Bonchev–Trinajstić information content (AvgIpc) is 2.95. The Balaban J connectivity index is 0.00000106. The number of methoxy groups -OCH3 is 2. The second-order valence-corrected chi connectivity index (χ2v) is 3.85. The fourth-order valence-corrected chi connectivity index (χ4v) is 1.71. The van der Waals surface area contributed by atoms with Gasteiger partial charge in [-0.25, -0.2) is 4.79 Å². The van der Waals surface area contributed by atoms with Gasteiger partial charge in [0.2, 0.25) is 0 Å². The van der Waals surface area contributed by atoms with E-state index in [2.05, 4.69) is 34.8 Å². The van der Waals surface area contributed by atoms with Crippen molar-refractivity contribution in [2.75, 3.05) is 20.8 Å². The van der Waals surface area contributed by atoms with Gasteiger partial charge >= 0.3 is 5.97 Å². The summed E-state index contributed by atoms with van der Waals surface area (Å²) in [7, 11) is 2.97. The number of carbonyl (C=O) groups is 1. The van der Waals surface area contributed by atoms with E-state index in [1.54, 1.807) is 30.1 Å². The summed E-state index contributed by atoms with van der Waals surface area (Å²) in [4.78, 5) is 11.4. The number of rotatable bonds is 3. The molecule has 0 saturated heterocycles. The normalized spacial score (nSPS) is 9.24. The van der Waals surface area contributed by atoms with Crippen molar-refractivity contribution in [3.05, 3.63) is 43.1 Å². The van der Waals surface area contributed by atoms with Gasteiger partial charge in [0.15, 0.2) is 0 Å². The smallest absolute Gasteiger partial charge is 0.337 e. The van der Waals surface area contributed by atoms with Crippen molar-refractivity contribution in [2.24, 2.45) is 0 Å². The number of hydrogen-bond acceptors (Lipinski definition) is 4. The van der Waals surface area contributed by atoms with Gasteiger partial charge in [-0.15, -0.1) is 13.2 Å². The zero-order chi connectivity index (χ0) is 15.7. The molecular formula is C16H18N2O3. The maximum absolute atomic E-state index is 11.4. The van der Waals surface area contributed by atoms with Crippen LogP contribution in [0, 0.1) is 11.8 Å². The summed E-state index contributed by atoms with van der Waals surface area (Å²) in [5.41, 5.74) is 1.44. The van der Waals surface area contributed by atoms with Gasteiger partial charge in [-0.3, -0.25) is 4.68 Å². The van der Waals surface area contributed by atoms with Gasteiger partial charge in [0.25, 0.3) is 0 Å². The van der Waals surface area contributed by atoms with Gasteiger partial charge in [0.05, 0.1) is 24.4 Å². The summed E-state index contributed by atoms with van der Waals surface area (Å²) in [6.07, 6.45) is 1.71. The molecule has 0 saturated carbocycles. The zero-order valence-electron chi connectivity index (χ0n) is 12.3. The van der Waals surface area contributed by atoms with Crippen LogP contribution in [0.4, 0.5) is 0 Å². The topological polar surface area (TPSA) is 53.4 Å². The van der Waals surface area contributed by atoms with Crippen molar-refractivity contribution >= 4 is 16.9 Å². The highest BCUT2D eigenvalue weighted by Gasteiger charge is 2.08. The third-order valence-electron chi connectivity index (χ3n) is 2.63. The first-order valence-corrected chi connectivity index (χ1v) is 6.25. The first-order chi connectivity index (χ1) is 10.3. The molecule has 1 heterocycles. The first-order valence-electron chi connectivity index (χ1n) is 6.25. The van der Waals surface area contributed by atoms with Crippen LogP contribution in [0.5, 0.6) is 0 Å². The summed E-state index contributed by atoms with van der Waals surface area (Å²) in [5.74, 6) is 5.48. The molecule has 21 heavy (non-hydrogen) atoms. The predicted molar refractivity (Wildman–Crippen MR) is 82.0 cm³/mol. The van der Waals surface area contributed by atoms with E-state index in [4.69, 9.17) is 4.74 Å². The summed E-state index contributed by atoms with van der Waals surface area (Å²) in [6.45, 7) is 6.90. The molecule has 0 unspecified atom stereocenters. The molecule has 0 radical (unpaired) electrons. The van der Waals surface area contributed by atoms with Crippen molar-refractivity contribution < 1.29 is 14.3 Å².